The van der Waals surface area contributed by atoms with E-state index >= 15 is 0 Å². The number of hydrogen-bond acceptors (Lipinski definition) is 7. The SMILES string of the molecule is CCO[C@@H](Cc1ccc(OCc2sc(-c3ccc(-c4noc(C)n4)cc3)cc2C)cc1)C(=O)O. The van der Waals surface area contributed by atoms with Crippen LogP contribution in [0.5, 0.6) is 5.75 Å². The van der Waals surface area contributed by atoms with Crippen molar-refractivity contribution in [1.82, 2.24) is 10.1 Å². The second-order valence-electron chi connectivity index (χ2n) is 7.85. The maximum Gasteiger partial charge on any atom is 0.333 e. The quantitative estimate of drug-likeness (QED) is 0.313. The van der Waals surface area contributed by atoms with Gasteiger partial charge in [-0.1, -0.05) is 41.6 Å². The van der Waals surface area contributed by atoms with Crippen LogP contribution in [0.15, 0.2) is 59.1 Å². The van der Waals surface area contributed by atoms with E-state index in [0.29, 0.717) is 31.3 Å². The molecule has 34 heavy (non-hydrogen) atoms. The molecule has 4 rings (SSSR count). The Morgan fingerprint density at radius 3 is 2.41 bits per heavy atom. The molecule has 1 atom stereocenters. The molecule has 0 aliphatic heterocycles. The van der Waals surface area contributed by atoms with E-state index < -0.39 is 12.1 Å². The Bertz CT molecular complexity index is 1250. The standard InChI is InChI=1S/C26H26N2O5S/c1-4-31-22(26(29)30)14-18-5-11-21(12-6-18)32-15-24-16(2)13-23(34-24)19-7-9-20(10-8-19)25-27-17(3)33-28-25/h5-13,22H,4,14-15H2,1-3H3,(H,29,30)/t22-/m0/s1. The van der Waals surface area contributed by atoms with Crippen molar-refractivity contribution in [1.29, 1.82) is 0 Å². The van der Waals surface area contributed by atoms with Crippen molar-refractivity contribution >= 4 is 17.3 Å². The summed E-state index contributed by atoms with van der Waals surface area (Å²) in [6.07, 6.45) is -0.517. The molecule has 7 nitrogen and oxygen atoms in total. The van der Waals surface area contributed by atoms with Crippen LogP contribution in [-0.4, -0.2) is 33.9 Å². The monoisotopic (exact) mass is 478 g/mol. The van der Waals surface area contributed by atoms with E-state index in [9.17, 15) is 9.90 Å². The maximum atomic E-state index is 11.3. The molecule has 1 N–H and O–H groups in total. The van der Waals surface area contributed by atoms with Crippen molar-refractivity contribution in [3.05, 3.63) is 76.5 Å². The molecule has 176 valence electrons. The number of rotatable bonds is 10. The van der Waals surface area contributed by atoms with Gasteiger partial charge in [-0.3, -0.25) is 0 Å². The molecule has 2 aromatic carbocycles. The van der Waals surface area contributed by atoms with E-state index in [1.165, 1.54) is 5.56 Å². The molecule has 0 spiro atoms. The molecule has 0 amide bonds. The lowest BCUT2D eigenvalue weighted by Crippen LogP contribution is -2.26. The molecule has 4 aromatic rings. The summed E-state index contributed by atoms with van der Waals surface area (Å²) in [5, 5.41) is 13.2. The number of carboxylic acids is 1. The fraction of sp³-hybridized carbons (Fsp3) is 0.269. The predicted octanol–water partition coefficient (Wildman–Crippen LogP) is 5.69. The maximum absolute atomic E-state index is 11.3. The number of ether oxygens (including phenoxy) is 2. The Balaban J connectivity index is 1.38. The van der Waals surface area contributed by atoms with Gasteiger partial charge in [0.1, 0.15) is 12.4 Å². The van der Waals surface area contributed by atoms with Gasteiger partial charge < -0.3 is 19.1 Å². The molecule has 0 saturated heterocycles. The summed E-state index contributed by atoms with van der Waals surface area (Å²) in [4.78, 5) is 17.9. The van der Waals surface area contributed by atoms with Crippen molar-refractivity contribution in [3.63, 3.8) is 0 Å². The second kappa shape index (κ2) is 10.6. The summed E-state index contributed by atoms with van der Waals surface area (Å²) in [6.45, 7) is 6.47. The highest BCUT2D eigenvalue weighted by molar-refractivity contribution is 7.15. The first kappa shape index (κ1) is 23.7. The van der Waals surface area contributed by atoms with Gasteiger partial charge in [-0.2, -0.15) is 4.98 Å². The minimum Gasteiger partial charge on any atom is -0.488 e. The molecule has 0 bridgehead atoms. The van der Waals surface area contributed by atoms with Crippen molar-refractivity contribution in [2.75, 3.05) is 6.61 Å². The average molecular weight is 479 g/mol. The topological polar surface area (TPSA) is 94.7 Å². The molecule has 0 saturated carbocycles. The molecule has 0 radical (unpaired) electrons. The zero-order chi connectivity index (χ0) is 24.1. The lowest BCUT2D eigenvalue weighted by atomic mass is 10.1. The number of nitrogens with zero attached hydrogens (tertiary/aromatic N) is 2. The number of carbonyl (C=O) groups is 1. The molecule has 2 aromatic heterocycles. The fourth-order valence-electron chi connectivity index (χ4n) is 3.51. The normalized spacial score (nSPS) is 12.0. The number of aromatic nitrogens is 2. The Morgan fingerprint density at radius 2 is 1.79 bits per heavy atom. The highest BCUT2D eigenvalue weighted by atomic mass is 32.1. The molecule has 0 aliphatic carbocycles. The Morgan fingerprint density at radius 1 is 1.09 bits per heavy atom. The van der Waals surface area contributed by atoms with E-state index in [0.717, 1.165) is 32.2 Å². The van der Waals surface area contributed by atoms with Crippen LogP contribution in [-0.2, 0) is 22.6 Å². The van der Waals surface area contributed by atoms with Gasteiger partial charge in [0.2, 0.25) is 11.7 Å². The lowest BCUT2D eigenvalue weighted by molar-refractivity contribution is -0.149. The first-order valence-electron chi connectivity index (χ1n) is 11.0. The Hall–Kier alpha value is -3.49. The van der Waals surface area contributed by atoms with Gasteiger partial charge in [0, 0.05) is 35.3 Å². The number of aryl methyl sites for hydroxylation is 2. The van der Waals surface area contributed by atoms with Crippen LogP contribution in [0.2, 0.25) is 0 Å². The van der Waals surface area contributed by atoms with Gasteiger partial charge in [0.25, 0.3) is 0 Å². The van der Waals surface area contributed by atoms with Crippen LogP contribution >= 0.6 is 11.3 Å². The smallest absolute Gasteiger partial charge is 0.333 e. The molecule has 0 fully saturated rings. The fourth-order valence-corrected chi connectivity index (χ4v) is 4.60. The van der Waals surface area contributed by atoms with E-state index in [1.807, 2.05) is 36.4 Å². The van der Waals surface area contributed by atoms with E-state index in [4.69, 9.17) is 14.0 Å². The summed E-state index contributed by atoms with van der Waals surface area (Å²) in [7, 11) is 0. The predicted molar refractivity (Wildman–Crippen MR) is 130 cm³/mol. The lowest BCUT2D eigenvalue weighted by Gasteiger charge is -2.13. The van der Waals surface area contributed by atoms with Gasteiger partial charge in [0.15, 0.2) is 6.10 Å². The number of hydrogen-bond donors (Lipinski definition) is 1. The molecule has 0 unspecified atom stereocenters. The largest absolute Gasteiger partial charge is 0.488 e. The summed E-state index contributed by atoms with van der Waals surface area (Å²) in [5.41, 5.74) is 4.10. The van der Waals surface area contributed by atoms with Crippen molar-refractivity contribution in [2.24, 2.45) is 0 Å². The van der Waals surface area contributed by atoms with Crippen LogP contribution < -0.4 is 4.74 Å². The number of carboxylic acid groups (broad SMARTS) is 1. The molecular formula is C26H26N2O5S. The van der Waals surface area contributed by atoms with Crippen LogP contribution in [0, 0.1) is 13.8 Å². The van der Waals surface area contributed by atoms with Crippen LogP contribution in [0.25, 0.3) is 21.8 Å². The minimum absolute atomic E-state index is 0.321. The summed E-state index contributed by atoms with van der Waals surface area (Å²) < 4.78 is 16.3. The third-order valence-electron chi connectivity index (χ3n) is 5.33. The number of aliphatic carboxylic acids is 1. The third-order valence-corrected chi connectivity index (χ3v) is 6.59. The van der Waals surface area contributed by atoms with Crippen molar-refractivity contribution in [3.8, 4) is 27.6 Å². The first-order valence-corrected chi connectivity index (χ1v) is 11.8. The van der Waals surface area contributed by atoms with Crippen LogP contribution in [0.1, 0.15) is 28.8 Å². The Labute approximate surface area is 202 Å². The highest BCUT2D eigenvalue weighted by Crippen LogP contribution is 2.33. The van der Waals surface area contributed by atoms with E-state index in [1.54, 1.807) is 25.2 Å². The van der Waals surface area contributed by atoms with Gasteiger partial charge in [-0.05, 0) is 48.7 Å². The number of thiophene rings is 1. The Kier molecular flexibility index (Phi) is 7.40. The molecule has 8 heteroatoms. The molecule has 0 aliphatic rings. The van der Waals surface area contributed by atoms with E-state index in [-0.39, 0.29) is 0 Å². The molecule has 2 heterocycles. The van der Waals surface area contributed by atoms with Gasteiger partial charge in [0.05, 0.1) is 0 Å². The summed E-state index contributed by atoms with van der Waals surface area (Å²) in [5.74, 6) is 0.914. The molecular weight excluding hydrogens is 452 g/mol. The van der Waals surface area contributed by atoms with Crippen molar-refractivity contribution in [2.45, 2.75) is 39.9 Å². The number of benzene rings is 2. The van der Waals surface area contributed by atoms with Gasteiger partial charge in [-0.15, -0.1) is 11.3 Å². The summed E-state index contributed by atoms with van der Waals surface area (Å²) in [6, 6.07) is 17.8. The van der Waals surface area contributed by atoms with Gasteiger partial charge >= 0.3 is 5.97 Å². The van der Waals surface area contributed by atoms with Crippen LogP contribution in [0.3, 0.4) is 0 Å². The van der Waals surface area contributed by atoms with Crippen molar-refractivity contribution < 1.29 is 23.9 Å². The zero-order valence-electron chi connectivity index (χ0n) is 19.3. The van der Waals surface area contributed by atoms with Crippen LogP contribution in [0.4, 0.5) is 0 Å². The second-order valence-corrected chi connectivity index (χ2v) is 8.99. The van der Waals surface area contributed by atoms with Gasteiger partial charge in [-0.25, -0.2) is 4.79 Å². The highest BCUT2D eigenvalue weighted by Gasteiger charge is 2.18. The third kappa shape index (κ3) is 5.70. The average Bonchev–Trinajstić information content (AvgIpc) is 3.43. The summed E-state index contributed by atoms with van der Waals surface area (Å²) >= 11 is 1.70. The zero-order valence-corrected chi connectivity index (χ0v) is 20.1. The minimum atomic E-state index is -0.953. The van der Waals surface area contributed by atoms with E-state index in [2.05, 4.69) is 35.3 Å². The first-order chi connectivity index (χ1) is 16.4.